The summed E-state index contributed by atoms with van der Waals surface area (Å²) in [5.41, 5.74) is 4.97. The zero-order valence-corrected chi connectivity index (χ0v) is 9.89. The van der Waals surface area contributed by atoms with Crippen LogP contribution in [-0.4, -0.2) is 12.5 Å². The summed E-state index contributed by atoms with van der Waals surface area (Å²) in [7, 11) is 0. The minimum absolute atomic E-state index is 0.150. The highest BCUT2D eigenvalue weighted by Gasteiger charge is 2.20. The third-order valence-corrected chi connectivity index (χ3v) is 2.39. The van der Waals surface area contributed by atoms with Gasteiger partial charge in [0.1, 0.15) is 11.6 Å². The lowest BCUT2D eigenvalue weighted by molar-refractivity contribution is -0.117. The Balaban J connectivity index is 2.71. The van der Waals surface area contributed by atoms with Gasteiger partial charge in [0.15, 0.2) is 0 Å². The van der Waals surface area contributed by atoms with Crippen LogP contribution in [0.5, 0.6) is 0 Å². The minimum Gasteiger partial charge on any atom is -0.330 e. The topological polar surface area (TPSA) is 55.1 Å². The molecule has 0 radical (unpaired) electrons. The van der Waals surface area contributed by atoms with Crippen molar-refractivity contribution in [3.8, 4) is 0 Å². The van der Waals surface area contributed by atoms with Gasteiger partial charge in [-0.25, -0.2) is 8.78 Å². The normalized spacial score (nSPS) is 11.4. The predicted octanol–water partition coefficient (Wildman–Crippen LogP) is 2.28. The number of benzene rings is 1. The third-order valence-electron chi connectivity index (χ3n) is 2.39. The van der Waals surface area contributed by atoms with E-state index in [1.807, 2.05) is 13.8 Å². The van der Waals surface area contributed by atoms with E-state index in [2.05, 4.69) is 5.32 Å². The van der Waals surface area contributed by atoms with Crippen LogP contribution in [-0.2, 0) is 4.79 Å². The van der Waals surface area contributed by atoms with Crippen LogP contribution in [0.25, 0.3) is 0 Å². The van der Waals surface area contributed by atoms with Crippen LogP contribution in [0.2, 0.25) is 0 Å². The summed E-state index contributed by atoms with van der Waals surface area (Å²) in [6, 6.07) is 2.91. The molecule has 1 rings (SSSR count). The molecule has 0 aliphatic carbocycles. The molecule has 0 aliphatic heterocycles. The van der Waals surface area contributed by atoms with Crippen molar-refractivity contribution in [2.24, 2.45) is 11.1 Å². The Morgan fingerprint density at radius 1 is 1.41 bits per heavy atom. The smallest absolute Gasteiger partial charge is 0.225 e. The summed E-state index contributed by atoms with van der Waals surface area (Å²) in [5.74, 6) is -1.64. The molecule has 0 unspecified atom stereocenters. The molecule has 0 saturated carbocycles. The minimum atomic E-state index is -0.662. The number of nitrogens with two attached hydrogens (primary N) is 1. The summed E-state index contributed by atoms with van der Waals surface area (Å²) in [6.07, 6.45) is 0.152. The molecule has 1 aromatic carbocycles. The second-order valence-corrected chi connectivity index (χ2v) is 4.72. The molecular formula is C12H16F2N2O. The Hall–Kier alpha value is -1.49. The zero-order valence-electron chi connectivity index (χ0n) is 9.89. The standard InChI is InChI=1S/C12H16F2N2O/c1-12(2,7-15)6-11(17)16-10-5-8(13)3-4-9(10)14/h3-5H,6-7,15H2,1-2H3,(H,16,17). The van der Waals surface area contributed by atoms with Gasteiger partial charge in [0.25, 0.3) is 0 Å². The summed E-state index contributed by atoms with van der Waals surface area (Å²) >= 11 is 0. The molecular weight excluding hydrogens is 226 g/mol. The Morgan fingerprint density at radius 3 is 2.65 bits per heavy atom. The van der Waals surface area contributed by atoms with Crippen molar-refractivity contribution in [1.29, 1.82) is 0 Å². The highest BCUT2D eigenvalue weighted by Crippen LogP contribution is 2.21. The summed E-state index contributed by atoms with van der Waals surface area (Å²) in [5, 5.41) is 2.33. The Labute approximate surface area is 99.0 Å². The number of amides is 1. The van der Waals surface area contributed by atoms with E-state index in [1.54, 1.807) is 0 Å². The van der Waals surface area contributed by atoms with Crippen molar-refractivity contribution in [2.75, 3.05) is 11.9 Å². The maximum atomic E-state index is 13.2. The van der Waals surface area contributed by atoms with Gasteiger partial charge in [0, 0.05) is 12.5 Å². The highest BCUT2D eigenvalue weighted by molar-refractivity contribution is 5.91. The maximum Gasteiger partial charge on any atom is 0.225 e. The molecule has 0 spiro atoms. The summed E-state index contributed by atoms with van der Waals surface area (Å²) in [4.78, 5) is 11.6. The number of anilines is 1. The van der Waals surface area contributed by atoms with Crippen molar-refractivity contribution in [3.05, 3.63) is 29.8 Å². The fraction of sp³-hybridized carbons (Fsp3) is 0.417. The average Bonchev–Trinajstić information content (AvgIpc) is 2.23. The van der Waals surface area contributed by atoms with Crippen molar-refractivity contribution in [2.45, 2.75) is 20.3 Å². The van der Waals surface area contributed by atoms with Gasteiger partial charge in [0.05, 0.1) is 5.69 Å². The SMILES string of the molecule is CC(C)(CN)CC(=O)Nc1cc(F)ccc1F. The largest absolute Gasteiger partial charge is 0.330 e. The molecule has 3 nitrogen and oxygen atoms in total. The van der Waals surface area contributed by atoms with Gasteiger partial charge >= 0.3 is 0 Å². The fourth-order valence-corrected chi connectivity index (χ4v) is 1.29. The number of carbonyl (C=O) groups is 1. The number of nitrogens with one attached hydrogen (secondary N) is 1. The Morgan fingerprint density at radius 2 is 2.06 bits per heavy atom. The second kappa shape index (κ2) is 5.23. The molecule has 5 heteroatoms. The van der Waals surface area contributed by atoms with E-state index in [4.69, 9.17) is 5.73 Å². The Kier molecular flexibility index (Phi) is 4.17. The quantitative estimate of drug-likeness (QED) is 0.851. The lowest BCUT2D eigenvalue weighted by Gasteiger charge is -2.21. The van der Waals surface area contributed by atoms with Gasteiger partial charge in [0.2, 0.25) is 5.91 Å². The molecule has 0 heterocycles. The molecule has 0 aromatic heterocycles. The van der Waals surface area contributed by atoms with Gasteiger partial charge in [-0.3, -0.25) is 4.79 Å². The highest BCUT2D eigenvalue weighted by atomic mass is 19.1. The first-order valence-corrected chi connectivity index (χ1v) is 5.29. The average molecular weight is 242 g/mol. The van der Waals surface area contributed by atoms with E-state index in [0.29, 0.717) is 6.54 Å². The van der Waals surface area contributed by atoms with Crippen LogP contribution in [0, 0.1) is 17.0 Å². The van der Waals surface area contributed by atoms with Crippen LogP contribution in [0.1, 0.15) is 20.3 Å². The van der Waals surface area contributed by atoms with Gasteiger partial charge in [-0.2, -0.15) is 0 Å². The first kappa shape index (κ1) is 13.6. The first-order chi connectivity index (χ1) is 7.84. The van der Waals surface area contributed by atoms with Gasteiger partial charge in [-0.15, -0.1) is 0 Å². The van der Waals surface area contributed by atoms with E-state index in [1.165, 1.54) is 0 Å². The van der Waals surface area contributed by atoms with E-state index in [-0.39, 0.29) is 23.4 Å². The molecule has 0 bridgehead atoms. The maximum absolute atomic E-state index is 13.2. The fourth-order valence-electron chi connectivity index (χ4n) is 1.29. The lowest BCUT2D eigenvalue weighted by Crippen LogP contribution is -2.29. The van der Waals surface area contributed by atoms with Crippen LogP contribution >= 0.6 is 0 Å². The molecule has 3 N–H and O–H groups in total. The number of carbonyl (C=O) groups excluding carboxylic acids is 1. The molecule has 94 valence electrons. The molecule has 17 heavy (non-hydrogen) atoms. The van der Waals surface area contributed by atoms with Crippen molar-refractivity contribution in [3.63, 3.8) is 0 Å². The van der Waals surface area contributed by atoms with E-state index < -0.39 is 11.6 Å². The summed E-state index contributed by atoms with van der Waals surface area (Å²) in [6.45, 7) is 4.00. The predicted molar refractivity (Wildman–Crippen MR) is 62.4 cm³/mol. The molecule has 1 aromatic rings. The van der Waals surface area contributed by atoms with Gasteiger partial charge < -0.3 is 11.1 Å². The molecule has 0 fully saturated rings. The van der Waals surface area contributed by atoms with Crippen LogP contribution in [0.15, 0.2) is 18.2 Å². The number of halogens is 2. The molecule has 0 aliphatic rings. The van der Waals surface area contributed by atoms with Crippen LogP contribution in [0.3, 0.4) is 0 Å². The van der Waals surface area contributed by atoms with Crippen LogP contribution in [0.4, 0.5) is 14.5 Å². The van der Waals surface area contributed by atoms with Crippen LogP contribution < -0.4 is 11.1 Å². The monoisotopic (exact) mass is 242 g/mol. The Bertz CT molecular complexity index is 419. The number of hydrogen-bond acceptors (Lipinski definition) is 2. The third kappa shape index (κ3) is 4.11. The van der Waals surface area contributed by atoms with Crippen molar-refractivity contribution >= 4 is 11.6 Å². The van der Waals surface area contributed by atoms with E-state index in [0.717, 1.165) is 18.2 Å². The zero-order chi connectivity index (χ0) is 13.1. The number of rotatable bonds is 4. The molecule has 0 atom stereocenters. The molecule has 0 saturated heterocycles. The van der Waals surface area contributed by atoms with Crippen molar-refractivity contribution in [1.82, 2.24) is 0 Å². The van der Waals surface area contributed by atoms with E-state index >= 15 is 0 Å². The van der Waals surface area contributed by atoms with Gasteiger partial charge in [-0.1, -0.05) is 13.8 Å². The summed E-state index contributed by atoms with van der Waals surface area (Å²) < 4.78 is 26.1. The van der Waals surface area contributed by atoms with Crippen molar-refractivity contribution < 1.29 is 13.6 Å². The molecule has 1 amide bonds. The number of hydrogen-bond donors (Lipinski definition) is 2. The van der Waals surface area contributed by atoms with E-state index in [9.17, 15) is 13.6 Å². The first-order valence-electron chi connectivity index (χ1n) is 5.29. The lowest BCUT2D eigenvalue weighted by atomic mass is 9.89. The van der Waals surface area contributed by atoms with Gasteiger partial charge in [-0.05, 0) is 24.1 Å². The second-order valence-electron chi connectivity index (χ2n) is 4.72.